The average Bonchev–Trinajstić information content (AvgIpc) is 3.25. The minimum Gasteiger partial charge on any atom is -0.381 e. The Labute approximate surface area is 127 Å². The monoisotopic (exact) mass is 289 g/mol. The second-order valence-corrected chi connectivity index (χ2v) is 7.01. The van der Waals surface area contributed by atoms with Crippen molar-refractivity contribution in [1.82, 2.24) is 14.9 Å². The number of nitrogens with zero attached hydrogens (tertiary/aromatic N) is 2. The first-order valence-electron chi connectivity index (χ1n) is 8.73. The van der Waals surface area contributed by atoms with Gasteiger partial charge in [0, 0.05) is 49.7 Å². The van der Waals surface area contributed by atoms with Crippen molar-refractivity contribution < 1.29 is 4.74 Å². The van der Waals surface area contributed by atoms with Crippen molar-refractivity contribution in [2.24, 2.45) is 5.92 Å². The number of aromatic nitrogens is 2. The molecule has 4 rings (SSSR count). The van der Waals surface area contributed by atoms with Gasteiger partial charge in [-0.1, -0.05) is 12.8 Å². The molecule has 0 amide bonds. The normalized spacial score (nSPS) is 28.0. The second-order valence-electron chi connectivity index (χ2n) is 7.01. The summed E-state index contributed by atoms with van der Waals surface area (Å²) in [5.41, 5.74) is 2.82. The van der Waals surface area contributed by atoms with Crippen LogP contribution in [0.5, 0.6) is 0 Å². The number of hydrogen-bond acceptors (Lipinski definition) is 3. The third-order valence-corrected chi connectivity index (χ3v) is 5.73. The van der Waals surface area contributed by atoms with Crippen molar-refractivity contribution in [3.8, 4) is 0 Å². The van der Waals surface area contributed by atoms with Crippen LogP contribution in [0.25, 0.3) is 0 Å². The van der Waals surface area contributed by atoms with Gasteiger partial charge < -0.3 is 14.6 Å². The molecule has 2 unspecified atom stereocenters. The maximum Gasteiger partial charge on any atom is 0.112 e. The van der Waals surface area contributed by atoms with Crippen molar-refractivity contribution >= 4 is 0 Å². The summed E-state index contributed by atoms with van der Waals surface area (Å²) in [5.74, 6) is 2.75. The highest BCUT2D eigenvalue weighted by atomic mass is 16.5. The minimum atomic E-state index is 0.539. The van der Waals surface area contributed by atoms with Crippen LogP contribution in [0, 0.1) is 5.92 Å². The highest BCUT2D eigenvalue weighted by molar-refractivity contribution is 5.24. The van der Waals surface area contributed by atoms with E-state index in [4.69, 9.17) is 9.72 Å². The Kier molecular flexibility index (Phi) is 3.76. The first kappa shape index (κ1) is 13.8. The van der Waals surface area contributed by atoms with Crippen LogP contribution >= 0.6 is 0 Å². The molecule has 0 spiro atoms. The molecular weight excluding hydrogens is 262 g/mol. The zero-order valence-electron chi connectivity index (χ0n) is 13.1. The predicted octanol–water partition coefficient (Wildman–Crippen LogP) is 2.78. The van der Waals surface area contributed by atoms with Gasteiger partial charge in [-0.05, 0) is 26.2 Å². The fourth-order valence-electron chi connectivity index (χ4n) is 4.42. The summed E-state index contributed by atoms with van der Waals surface area (Å²) in [6.07, 6.45) is 7.75. The fourth-order valence-corrected chi connectivity index (χ4v) is 4.42. The van der Waals surface area contributed by atoms with E-state index >= 15 is 0 Å². The molecule has 3 heterocycles. The summed E-state index contributed by atoms with van der Waals surface area (Å²) in [6.45, 7) is 6.30. The van der Waals surface area contributed by atoms with E-state index in [0.29, 0.717) is 17.9 Å². The molecular formula is C17H27N3O. The summed E-state index contributed by atoms with van der Waals surface area (Å²) in [4.78, 5) is 5.08. The van der Waals surface area contributed by atoms with Crippen LogP contribution in [0.15, 0.2) is 0 Å². The molecule has 1 saturated carbocycles. The van der Waals surface area contributed by atoms with E-state index in [9.17, 15) is 0 Å². The summed E-state index contributed by atoms with van der Waals surface area (Å²) in [5, 5.41) is 3.48. The smallest absolute Gasteiger partial charge is 0.112 e. The number of imidazole rings is 1. The van der Waals surface area contributed by atoms with Crippen LogP contribution in [0.2, 0.25) is 0 Å². The van der Waals surface area contributed by atoms with E-state index in [1.165, 1.54) is 49.3 Å². The summed E-state index contributed by atoms with van der Waals surface area (Å²) >= 11 is 0. The molecule has 1 saturated heterocycles. The maximum atomic E-state index is 5.64. The van der Waals surface area contributed by atoms with Crippen LogP contribution in [-0.2, 0) is 17.7 Å². The molecule has 2 fully saturated rings. The molecule has 1 aromatic heterocycles. The number of nitrogens with one attached hydrogen (secondary N) is 1. The molecule has 1 N–H and O–H groups in total. The van der Waals surface area contributed by atoms with Gasteiger partial charge in [0.05, 0.1) is 12.3 Å². The SMILES string of the molecule is CC(C1CCOC1)n1c(C2CCCC2)nc2c1CCNC2. The molecule has 4 nitrogen and oxygen atoms in total. The molecule has 21 heavy (non-hydrogen) atoms. The number of rotatable bonds is 3. The zero-order valence-corrected chi connectivity index (χ0v) is 13.1. The Bertz CT molecular complexity index is 498. The highest BCUT2D eigenvalue weighted by Gasteiger charge is 2.32. The number of hydrogen-bond donors (Lipinski definition) is 1. The Morgan fingerprint density at radius 3 is 2.90 bits per heavy atom. The Morgan fingerprint density at radius 2 is 2.14 bits per heavy atom. The van der Waals surface area contributed by atoms with Gasteiger partial charge in [-0.2, -0.15) is 0 Å². The molecule has 0 radical (unpaired) electrons. The molecule has 2 aliphatic heterocycles. The number of fused-ring (bicyclic) bond motifs is 1. The quantitative estimate of drug-likeness (QED) is 0.930. The Balaban J connectivity index is 1.72. The second kappa shape index (κ2) is 5.73. The summed E-state index contributed by atoms with van der Waals surface area (Å²) in [6, 6.07) is 0.539. The lowest BCUT2D eigenvalue weighted by atomic mass is 9.98. The molecule has 116 valence electrons. The fraction of sp³-hybridized carbons (Fsp3) is 0.824. The first-order chi connectivity index (χ1) is 10.3. The molecule has 1 aliphatic carbocycles. The van der Waals surface area contributed by atoms with Gasteiger partial charge in [-0.15, -0.1) is 0 Å². The highest BCUT2D eigenvalue weighted by Crippen LogP contribution is 2.38. The summed E-state index contributed by atoms with van der Waals surface area (Å²) < 4.78 is 8.27. The van der Waals surface area contributed by atoms with E-state index < -0.39 is 0 Å². The van der Waals surface area contributed by atoms with Gasteiger partial charge in [-0.25, -0.2) is 4.98 Å². The van der Waals surface area contributed by atoms with Gasteiger partial charge >= 0.3 is 0 Å². The minimum absolute atomic E-state index is 0.539. The lowest BCUT2D eigenvalue weighted by molar-refractivity contribution is 0.174. The van der Waals surface area contributed by atoms with Crippen LogP contribution in [0.3, 0.4) is 0 Å². The van der Waals surface area contributed by atoms with Crippen LogP contribution < -0.4 is 5.32 Å². The van der Waals surface area contributed by atoms with Gasteiger partial charge in [0.1, 0.15) is 5.82 Å². The van der Waals surface area contributed by atoms with Crippen molar-refractivity contribution in [3.05, 3.63) is 17.2 Å². The Hall–Kier alpha value is -0.870. The van der Waals surface area contributed by atoms with E-state index in [0.717, 1.165) is 32.7 Å². The van der Waals surface area contributed by atoms with Gasteiger partial charge in [-0.3, -0.25) is 0 Å². The lowest BCUT2D eigenvalue weighted by Gasteiger charge is -2.27. The van der Waals surface area contributed by atoms with E-state index in [1.807, 2.05) is 0 Å². The summed E-state index contributed by atoms with van der Waals surface area (Å²) in [7, 11) is 0. The van der Waals surface area contributed by atoms with Gasteiger partial charge in [0.25, 0.3) is 0 Å². The van der Waals surface area contributed by atoms with Crippen molar-refractivity contribution in [3.63, 3.8) is 0 Å². The van der Waals surface area contributed by atoms with Gasteiger partial charge in [0.15, 0.2) is 0 Å². The van der Waals surface area contributed by atoms with Gasteiger partial charge in [0.2, 0.25) is 0 Å². The number of ether oxygens (including phenoxy) is 1. The predicted molar refractivity (Wildman–Crippen MR) is 82.5 cm³/mol. The standard InChI is InChI=1S/C17H27N3O/c1-12(14-7-9-21-11-14)20-16-6-8-18-10-15(16)19-17(20)13-4-2-3-5-13/h12-14,18H,2-11H2,1H3. The molecule has 3 aliphatic rings. The van der Waals surface area contributed by atoms with Crippen LogP contribution in [-0.4, -0.2) is 29.3 Å². The zero-order chi connectivity index (χ0) is 14.2. The third kappa shape index (κ3) is 2.42. The van der Waals surface area contributed by atoms with E-state index in [2.05, 4.69) is 16.8 Å². The lowest BCUT2D eigenvalue weighted by Crippen LogP contribution is -2.27. The van der Waals surface area contributed by atoms with Crippen molar-refractivity contribution in [2.75, 3.05) is 19.8 Å². The molecule has 0 bridgehead atoms. The third-order valence-electron chi connectivity index (χ3n) is 5.73. The largest absolute Gasteiger partial charge is 0.381 e. The molecule has 4 heteroatoms. The van der Waals surface area contributed by atoms with Crippen molar-refractivity contribution in [1.29, 1.82) is 0 Å². The maximum absolute atomic E-state index is 5.64. The average molecular weight is 289 g/mol. The first-order valence-corrected chi connectivity index (χ1v) is 8.73. The molecule has 0 aromatic carbocycles. The molecule has 2 atom stereocenters. The van der Waals surface area contributed by atoms with Crippen molar-refractivity contribution in [2.45, 2.75) is 64.0 Å². The van der Waals surface area contributed by atoms with Crippen LogP contribution in [0.4, 0.5) is 0 Å². The molecule has 1 aromatic rings. The van der Waals surface area contributed by atoms with Crippen LogP contribution in [0.1, 0.15) is 68.2 Å². The van der Waals surface area contributed by atoms with E-state index in [1.54, 1.807) is 0 Å². The topological polar surface area (TPSA) is 39.1 Å². The Morgan fingerprint density at radius 1 is 1.29 bits per heavy atom. The van der Waals surface area contributed by atoms with E-state index in [-0.39, 0.29) is 0 Å².